The molecule has 1 atom stereocenters. The van der Waals surface area contributed by atoms with Gasteiger partial charge in [0.25, 0.3) is 0 Å². The van der Waals surface area contributed by atoms with Crippen LogP contribution in [-0.2, 0) is 14.9 Å². The summed E-state index contributed by atoms with van der Waals surface area (Å²) in [7, 11) is 3.28. The van der Waals surface area contributed by atoms with Gasteiger partial charge in [-0.1, -0.05) is 54.8 Å². The molecule has 1 saturated carbocycles. The van der Waals surface area contributed by atoms with E-state index >= 15 is 0 Å². The van der Waals surface area contributed by atoms with Crippen LogP contribution in [0.2, 0.25) is 5.02 Å². The zero-order chi connectivity index (χ0) is 19.3. The van der Waals surface area contributed by atoms with E-state index in [1.54, 1.807) is 14.2 Å². The Bertz CT molecular complexity index is 769. The fourth-order valence-corrected chi connectivity index (χ4v) is 4.13. The van der Waals surface area contributed by atoms with Crippen molar-refractivity contribution >= 4 is 17.5 Å². The molecule has 3 rings (SSSR count). The third-order valence-electron chi connectivity index (χ3n) is 5.51. The highest BCUT2D eigenvalue weighted by Crippen LogP contribution is 2.41. The van der Waals surface area contributed by atoms with Gasteiger partial charge in [0.1, 0.15) is 11.9 Å². The molecule has 0 aromatic heterocycles. The van der Waals surface area contributed by atoms with E-state index < -0.39 is 5.41 Å². The molecule has 1 aliphatic rings. The molecule has 0 spiro atoms. The van der Waals surface area contributed by atoms with E-state index in [0.29, 0.717) is 11.6 Å². The van der Waals surface area contributed by atoms with Crippen molar-refractivity contribution in [2.45, 2.75) is 37.2 Å². The summed E-state index contributed by atoms with van der Waals surface area (Å²) >= 11 is 6.03. The molecule has 1 aliphatic carbocycles. The van der Waals surface area contributed by atoms with Crippen molar-refractivity contribution in [1.82, 2.24) is 5.32 Å². The predicted octanol–water partition coefficient (Wildman–Crippen LogP) is 4.66. The molecule has 0 saturated heterocycles. The van der Waals surface area contributed by atoms with Gasteiger partial charge in [-0.3, -0.25) is 4.79 Å². The number of methoxy groups -OCH3 is 2. The molecule has 0 radical (unpaired) electrons. The number of amides is 1. The average Bonchev–Trinajstić information content (AvgIpc) is 3.20. The van der Waals surface area contributed by atoms with Crippen LogP contribution in [0.1, 0.15) is 42.9 Å². The van der Waals surface area contributed by atoms with Gasteiger partial charge in [0, 0.05) is 24.2 Å². The highest BCUT2D eigenvalue weighted by atomic mass is 35.5. The van der Waals surface area contributed by atoms with E-state index in [0.717, 1.165) is 42.6 Å². The molecule has 5 heteroatoms. The van der Waals surface area contributed by atoms with Crippen LogP contribution < -0.4 is 10.1 Å². The van der Waals surface area contributed by atoms with E-state index in [2.05, 4.69) is 5.32 Å². The van der Waals surface area contributed by atoms with Crippen LogP contribution in [0, 0.1) is 0 Å². The van der Waals surface area contributed by atoms with Gasteiger partial charge in [0.15, 0.2) is 0 Å². The van der Waals surface area contributed by atoms with E-state index in [1.165, 1.54) is 0 Å². The Labute approximate surface area is 165 Å². The highest BCUT2D eigenvalue weighted by Gasteiger charge is 2.42. The second kappa shape index (κ2) is 8.77. The van der Waals surface area contributed by atoms with Crippen molar-refractivity contribution < 1.29 is 14.3 Å². The molecule has 1 fully saturated rings. The van der Waals surface area contributed by atoms with Gasteiger partial charge >= 0.3 is 0 Å². The number of rotatable bonds is 7. The minimum Gasteiger partial charge on any atom is -0.496 e. The molecule has 4 nitrogen and oxygen atoms in total. The molecule has 0 aliphatic heterocycles. The van der Waals surface area contributed by atoms with Gasteiger partial charge in [-0.2, -0.15) is 0 Å². The van der Waals surface area contributed by atoms with Crippen LogP contribution in [0.3, 0.4) is 0 Å². The Hall–Kier alpha value is -2.04. The summed E-state index contributed by atoms with van der Waals surface area (Å²) in [6.07, 6.45) is 3.54. The number of para-hydroxylation sites is 1. The van der Waals surface area contributed by atoms with E-state index in [-0.39, 0.29) is 12.0 Å². The van der Waals surface area contributed by atoms with Crippen LogP contribution in [-0.4, -0.2) is 26.7 Å². The van der Waals surface area contributed by atoms with Gasteiger partial charge in [-0.25, -0.2) is 0 Å². The van der Waals surface area contributed by atoms with Gasteiger partial charge in [0.2, 0.25) is 5.91 Å². The molecular weight excluding hydrogens is 362 g/mol. The highest BCUT2D eigenvalue weighted by molar-refractivity contribution is 6.30. The van der Waals surface area contributed by atoms with Crippen LogP contribution in [0.4, 0.5) is 0 Å². The fourth-order valence-electron chi connectivity index (χ4n) is 4.00. The lowest BCUT2D eigenvalue weighted by Crippen LogP contribution is -2.44. The molecule has 1 N–H and O–H groups in total. The lowest BCUT2D eigenvalue weighted by Gasteiger charge is -2.29. The van der Waals surface area contributed by atoms with Crippen molar-refractivity contribution in [3.05, 3.63) is 64.7 Å². The van der Waals surface area contributed by atoms with E-state index in [1.807, 2.05) is 48.5 Å². The standard InChI is InChI=1S/C22H26ClNO3/c1-26-19-8-4-3-7-18(19)20(27-2)15-24-21(25)22(13-5-6-14-22)16-9-11-17(23)12-10-16/h3-4,7-12,20H,5-6,13-15H2,1-2H3,(H,24,25)/t20-/m1/s1. The Morgan fingerprint density at radius 2 is 1.78 bits per heavy atom. The van der Waals surface area contributed by atoms with Crippen molar-refractivity contribution in [1.29, 1.82) is 0 Å². The Morgan fingerprint density at radius 3 is 2.41 bits per heavy atom. The zero-order valence-electron chi connectivity index (χ0n) is 15.8. The monoisotopic (exact) mass is 387 g/mol. The Balaban J connectivity index is 1.77. The number of hydrogen-bond donors (Lipinski definition) is 1. The van der Waals surface area contributed by atoms with Gasteiger partial charge < -0.3 is 14.8 Å². The summed E-state index contributed by atoms with van der Waals surface area (Å²) in [6, 6.07) is 15.4. The molecule has 0 heterocycles. The van der Waals surface area contributed by atoms with Crippen LogP contribution in [0.15, 0.2) is 48.5 Å². The average molecular weight is 388 g/mol. The summed E-state index contributed by atoms with van der Waals surface area (Å²) in [4.78, 5) is 13.2. The fraction of sp³-hybridized carbons (Fsp3) is 0.409. The smallest absolute Gasteiger partial charge is 0.230 e. The van der Waals surface area contributed by atoms with Crippen LogP contribution in [0.25, 0.3) is 0 Å². The lowest BCUT2D eigenvalue weighted by atomic mass is 9.78. The molecule has 2 aromatic carbocycles. The molecule has 2 aromatic rings. The number of nitrogens with one attached hydrogen (secondary N) is 1. The second-order valence-corrected chi connectivity index (χ2v) is 7.41. The maximum Gasteiger partial charge on any atom is 0.230 e. The molecule has 0 bridgehead atoms. The number of halogens is 1. The number of ether oxygens (including phenoxy) is 2. The largest absolute Gasteiger partial charge is 0.496 e. The summed E-state index contributed by atoms with van der Waals surface area (Å²) in [5.74, 6) is 0.811. The minimum absolute atomic E-state index is 0.0549. The quantitative estimate of drug-likeness (QED) is 0.751. The lowest BCUT2D eigenvalue weighted by molar-refractivity contribution is -0.127. The van der Waals surface area contributed by atoms with Gasteiger partial charge in [0.05, 0.1) is 12.5 Å². The van der Waals surface area contributed by atoms with E-state index in [4.69, 9.17) is 21.1 Å². The second-order valence-electron chi connectivity index (χ2n) is 6.97. The maximum absolute atomic E-state index is 13.2. The summed E-state index contributed by atoms with van der Waals surface area (Å²) in [5, 5.41) is 3.81. The zero-order valence-corrected chi connectivity index (χ0v) is 16.6. The number of benzene rings is 2. The molecular formula is C22H26ClNO3. The SMILES string of the molecule is COc1ccccc1[C@@H](CNC(=O)C1(c2ccc(Cl)cc2)CCCC1)OC. The number of carbonyl (C=O) groups is 1. The first-order valence-electron chi connectivity index (χ1n) is 9.31. The topological polar surface area (TPSA) is 47.6 Å². The maximum atomic E-state index is 13.2. The Kier molecular flexibility index (Phi) is 6.40. The predicted molar refractivity (Wildman–Crippen MR) is 107 cm³/mol. The van der Waals surface area contributed by atoms with Crippen molar-refractivity contribution in [3.63, 3.8) is 0 Å². The molecule has 1 amide bonds. The summed E-state index contributed by atoms with van der Waals surface area (Å²) in [5.41, 5.74) is 1.48. The first kappa shape index (κ1) is 19.7. The summed E-state index contributed by atoms with van der Waals surface area (Å²) in [6.45, 7) is 0.394. The molecule has 0 unspecified atom stereocenters. The van der Waals surface area contributed by atoms with Crippen molar-refractivity contribution in [2.75, 3.05) is 20.8 Å². The molecule has 144 valence electrons. The van der Waals surface area contributed by atoms with Crippen molar-refractivity contribution in [3.8, 4) is 5.75 Å². The minimum atomic E-state index is -0.482. The van der Waals surface area contributed by atoms with E-state index in [9.17, 15) is 4.79 Å². The van der Waals surface area contributed by atoms with Crippen LogP contribution in [0.5, 0.6) is 5.75 Å². The summed E-state index contributed by atoms with van der Waals surface area (Å²) < 4.78 is 11.1. The first-order chi connectivity index (χ1) is 13.1. The third kappa shape index (κ3) is 4.12. The van der Waals surface area contributed by atoms with Crippen LogP contribution >= 0.6 is 11.6 Å². The number of carbonyl (C=O) groups excluding carboxylic acids is 1. The normalized spacial score (nSPS) is 16.7. The first-order valence-corrected chi connectivity index (χ1v) is 9.68. The van der Waals surface area contributed by atoms with Gasteiger partial charge in [-0.05, 0) is 36.6 Å². The number of hydrogen-bond acceptors (Lipinski definition) is 3. The van der Waals surface area contributed by atoms with Crippen molar-refractivity contribution in [2.24, 2.45) is 0 Å². The van der Waals surface area contributed by atoms with Gasteiger partial charge in [-0.15, -0.1) is 0 Å². The third-order valence-corrected chi connectivity index (χ3v) is 5.76. The molecule has 27 heavy (non-hydrogen) atoms. The Morgan fingerprint density at radius 1 is 1.11 bits per heavy atom.